The molecule has 0 heterocycles. The second-order valence-electron chi connectivity index (χ2n) is 5.18. The Balaban J connectivity index is 2.23. The number of nitrogens with two attached hydrogens (primary N) is 1. The largest absolute Gasteiger partial charge is 0.494 e. The Morgan fingerprint density at radius 3 is 2.57 bits per heavy atom. The highest BCUT2D eigenvalue weighted by Crippen LogP contribution is 2.28. The van der Waals surface area contributed by atoms with Crippen LogP contribution in [0.2, 0.25) is 5.02 Å². The van der Waals surface area contributed by atoms with Gasteiger partial charge in [-0.1, -0.05) is 35.9 Å². The lowest BCUT2D eigenvalue weighted by Gasteiger charge is -2.19. The molecule has 0 aliphatic rings. The quantitative estimate of drug-likeness (QED) is 0.862. The van der Waals surface area contributed by atoms with Crippen LogP contribution in [0.25, 0.3) is 0 Å². The summed E-state index contributed by atoms with van der Waals surface area (Å²) >= 11 is 6.26. The van der Waals surface area contributed by atoms with Crippen molar-refractivity contribution in [3.63, 3.8) is 0 Å². The fraction of sp³-hybridized carbons (Fsp3) is 0.333. The van der Waals surface area contributed by atoms with Crippen molar-refractivity contribution in [2.75, 3.05) is 13.2 Å². The van der Waals surface area contributed by atoms with Gasteiger partial charge in [-0.05, 0) is 61.7 Å². The highest BCUT2D eigenvalue weighted by Gasteiger charge is 2.15. The van der Waals surface area contributed by atoms with E-state index in [9.17, 15) is 0 Å². The summed E-state index contributed by atoms with van der Waals surface area (Å²) in [6, 6.07) is 14.2. The number of rotatable bonds is 6. The van der Waals surface area contributed by atoms with Gasteiger partial charge in [0.15, 0.2) is 0 Å². The Morgan fingerprint density at radius 1 is 1.19 bits per heavy atom. The minimum absolute atomic E-state index is 0.264. The van der Waals surface area contributed by atoms with Crippen molar-refractivity contribution >= 4 is 11.6 Å². The van der Waals surface area contributed by atoms with Crippen LogP contribution in [0.1, 0.15) is 29.5 Å². The number of ether oxygens (including phenoxy) is 1. The third kappa shape index (κ3) is 3.99. The molecule has 21 heavy (non-hydrogen) atoms. The Bertz CT molecular complexity index is 598. The molecule has 0 amide bonds. The lowest BCUT2D eigenvalue weighted by molar-refractivity contribution is 0.340. The van der Waals surface area contributed by atoms with Crippen molar-refractivity contribution in [2.45, 2.75) is 26.2 Å². The Hall–Kier alpha value is -1.51. The summed E-state index contributed by atoms with van der Waals surface area (Å²) in [5, 5.41) is 0.805. The second kappa shape index (κ2) is 7.48. The summed E-state index contributed by atoms with van der Waals surface area (Å²) in [6.45, 7) is 5.37. The van der Waals surface area contributed by atoms with Gasteiger partial charge in [-0.15, -0.1) is 0 Å². The minimum atomic E-state index is 0.264. The van der Waals surface area contributed by atoms with Crippen LogP contribution in [0.4, 0.5) is 0 Å². The predicted octanol–water partition coefficient (Wildman–Crippen LogP) is 4.33. The molecule has 0 aromatic heterocycles. The molecule has 1 atom stereocenters. The zero-order chi connectivity index (χ0) is 15.2. The Kier molecular flexibility index (Phi) is 5.66. The molecule has 2 rings (SSSR count). The molecule has 0 bridgehead atoms. The van der Waals surface area contributed by atoms with E-state index in [1.165, 1.54) is 11.1 Å². The summed E-state index contributed by atoms with van der Waals surface area (Å²) in [7, 11) is 0. The van der Waals surface area contributed by atoms with Gasteiger partial charge in [-0.25, -0.2) is 0 Å². The first-order chi connectivity index (χ1) is 10.2. The maximum atomic E-state index is 6.26. The summed E-state index contributed by atoms with van der Waals surface area (Å²) in [4.78, 5) is 0. The van der Waals surface area contributed by atoms with Gasteiger partial charge in [0, 0.05) is 10.9 Å². The van der Waals surface area contributed by atoms with E-state index in [1.807, 2.05) is 31.2 Å². The molecular weight excluding hydrogens is 282 g/mol. The standard InChI is InChI=1S/C18H22ClNO/c1-3-21-16-8-9-17(13(2)10-16)15(12-20)11-14-6-4-5-7-18(14)19/h4-10,15H,3,11-12,20H2,1-2H3. The first-order valence-electron chi connectivity index (χ1n) is 7.32. The van der Waals surface area contributed by atoms with E-state index in [4.69, 9.17) is 22.1 Å². The van der Waals surface area contributed by atoms with E-state index in [-0.39, 0.29) is 5.92 Å². The van der Waals surface area contributed by atoms with Gasteiger partial charge in [0.2, 0.25) is 0 Å². The van der Waals surface area contributed by atoms with Gasteiger partial charge in [-0.3, -0.25) is 0 Å². The lowest BCUT2D eigenvalue weighted by Crippen LogP contribution is -2.16. The van der Waals surface area contributed by atoms with E-state index >= 15 is 0 Å². The van der Waals surface area contributed by atoms with Gasteiger partial charge in [0.1, 0.15) is 5.75 Å². The summed E-state index contributed by atoms with van der Waals surface area (Å²) in [5.74, 6) is 1.17. The zero-order valence-electron chi connectivity index (χ0n) is 12.6. The van der Waals surface area contributed by atoms with Crippen LogP contribution in [-0.4, -0.2) is 13.2 Å². The molecule has 2 aromatic carbocycles. The molecule has 112 valence electrons. The molecule has 0 spiro atoms. The molecule has 0 saturated carbocycles. The smallest absolute Gasteiger partial charge is 0.119 e. The third-order valence-corrected chi connectivity index (χ3v) is 4.07. The van der Waals surface area contributed by atoms with Gasteiger partial charge in [0.05, 0.1) is 6.61 Å². The average Bonchev–Trinajstić information content (AvgIpc) is 2.48. The SMILES string of the molecule is CCOc1ccc(C(CN)Cc2ccccc2Cl)c(C)c1. The second-order valence-corrected chi connectivity index (χ2v) is 5.59. The van der Waals surface area contributed by atoms with Crippen molar-refractivity contribution in [3.05, 3.63) is 64.2 Å². The maximum absolute atomic E-state index is 6.26. The van der Waals surface area contributed by atoms with Crippen LogP contribution in [0.3, 0.4) is 0 Å². The molecule has 3 heteroatoms. The topological polar surface area (TPSA) is 35.2 Å². The molecule has 0 radical (unpaired) electrons. The maximum Gasteiger partial charge on any atom is 0.119 e. The normalized spacial score (nSPS) is 12.2. The van der Waals surface area contributed by atoms with Crippen molar-refractivity contribution in [1.82, 2.24) is 0 Å². The number of aryl methyl sites for hydroxylation is 1. The van der Waals surface area contributed by atoms with E-state index < -0.39 is 0 Å². The Morgan fingerprint density at radius 2 is 1.95 bits per heavy atom. The Labute approximate surface area is 131 Å². The minimum Gasteiger partial charge on any atom is -0.494 e. The van der Waals surface area contributed by atoms with E-state index in [0.29, 0.717) is 13.2 Å². The van der Waals surface area contributed by atoms with Gasteiger partial charge >= 0.3 is 0 Å². The fourth-order valence-corrected chi connectivity index (χ4v) is 2.83. The van der Waals surface area contributed by atoms with E-state index in [0.717, 1.165) is 22.8 Å². The number of halogens is 1. The third-order valence-electron chi connectivity index (χ3n) is 3.70. The van der Waals surface area contributed by atoms with E-state index in [1.54, 1.807) is 0 Å². The summed E-state index contributed by atoms with van der Waals surface area (Å²) in [6.07, 6.45) is 0.852. The molecular formula is C18H22ClNO. The van der Waals surface area contributed by atoms with Crippen LogP contribution in [0.15, 0.2) is 42.5 Å². The van der Waals surface area contributed by atoms with Crippen molar-refractivity contribution in [2.24, 2.45) is 5.73 Å². The predicted molar refractivity (Wildman–Crippen MR) is 89.3 cm³/mol. The molecule has 1 unspecified atom stereocenters. The number of hydrogen-bond donors (Lipinski definition) is 1. The first-order valence-corrected chi connectivity index (χ1v) is 7.70. The molecule has 0 aliphatic heterocycles. The molecule has 2 aromatic rings. The molecule has 2 N–H and O–H groups in total. The fourth-order valence-electron chi connectivity index (χ4n) is 2.61. The van der Waals surface area contributed by atoms with Crippen molar-refractivity contribution in [3.8, 4) is 5.75 Å². The molecule has 0 saturated heterocycles. The monoisotopic (exact) mass is 303 g/mol. The van der Waals surface area contributed by atoms with Gasteiger partial charge in [-0.2, -0.15) is 0 Å². The number of hydrogen-bond acceptors (Lipinski definition) is 2. The van der Waals surface area contributed by atoms with Crippen molar-refractivity contribution in [1.29, 1.82) is 0 Å². The average molecular weight is 304 g/mol. The summed E-state index contributed by atoms with van der Waals surface area (Å²) < 4.78 is 5.54. The summed E-state index contributed by atoms with van der Waals surface area (Å²) in [5.41, 5.74) is 9.61. The molecule has 0 aliphatic carbocycles. The molecule has 2 nitrogen and oxygen atoms in total. The zero-order valence-corrected chi connectivity index (χ0v) is 13.4. The van der Waals surface area contributed by atoms with Crippen LogP contribution < -0.4 is 10.5 Å². The van der Waals surface area contributed by atoms with Crippen LogP contribution in [0.5, 0.6) is 5.75 Å². The van der Waals surface area contributed by atoms with Crippen LogP contribution in [0, 0.1) is 6.92 Å². The van der Waals surface area contributed by atoms with Crippen LogP contribution in [-0.2, 0) is 6.42 Å². The van der Waals surface area contributed by atoms with Crippen molar-refractivity contribution < 1.29 is 4.74 Å². The molecule has 0 fully saturated rings. The lowest BCUT2D eigenvalue weighted by atomic mass is 9.89. The van der Waals surface area contributed by atoms with Crippen LogP contribution >= 0.6 is 11.6 Å². The first kappa shape index (κ1) is 15.9. The highest BCUT2D eigenvalue weighted by molar-refractivity contribution is 6.31. The highest BCUT2D eigenvalue weighted by atomic mass is 35.5. The van der Waals surface area contributed by atoms with Gasteiger partial charge in [0.25, 0.3) is 0 Å². The number of benzene rings is 2. The van der Waals surface area contributed by atoms with Gasteiger partial charge < -0.3 is 10.5 Å². The van der Waals surface area contributed by atoms with E-state index in [2.05, 4.69) is 25.1 Å².